The Balaban J connectivity index is 2.22. The van der Waals surface area contributed by atoms with Crippen molar-refractivity contribution in [3.8, 4) is 0 Å². The second-order valence-corrected chi connectivity index (χ2v) is 7.78. The van der Waals surface area contributed by atoms with Gasteiger partial charge in [-0.05, 0) is 44.9 Å². The lowest BCUT2D eigenvalue weighted by molar-refractivity contribution is 0.319. The number of benzene rings is 1. The number of hydrogen-bond acceptors (Lipinski definition) is 3. The van der Waals surface area contributed by atoms with Gasteiger partial charge in [0.2, 0.25) is 10.0 Å². The van der Waals surface area contributed by atoms with Crippen LogP contribution in [0.25, 0.3) is 0 Å². The molecule has 1 heterocycles. The van der Waals surface area contributed by atoms with Crippen LogP contribution in [0.4, 0.5) is 0 Å². The van der Waals surface area contributed by atoms with Gasteiger partial charge in [0.1, 0.15) is 0 Å². The van der Waals surface area contributed by atoms with Gasteiger partial charge in [0, 0.05) is 19.1 Å². The van der Waals surface area contributed by atoms with Crippen molar-refractivity contribution in [1.29, 1.82) is 0 Å². The lowest BCUT2D eigenvalue weighted by atomic mass is 10.1. The summed E-state index contributed by atoms with van der Waals surface area (Å²) in [6.07, 6.45) is 3.42. The highest BCUT2D eigenvalue weighted by Crippen LogP contribution is 2.22. The molecule has 5 heteroatoms. The van der Waals surface area contributed by atoms with Gasteiger partial charge in [-0.25, -0.2) is 8.42 Å². The predicted octanol–water partition coefficient (Wildman–Crippen LogP) is 2.46. The fraction of sp³-hybridized carbons (Fsp3) is 0.625. The fourth-order valence-electron chi connectivity index (χ4n) is 2.95. The zero-order valence-electron chi connectivity index (χ0n) is 13.2. The average Bonchev–Trinajstić information content (AvgIpc) is 2.45. The smallest absolute Gasteiger partial charge is 0.243 e. The number of rotatable bonds is 5. The quantitative estimate of drug-likeness (QED) is 0.909. The van der Waals surface area contributed by atoms with E-state index < -0.39 is 10.0 Å². The molecule has 0 bridgehead atoms. The number of sulfonamides is 1. The molecule has 1 aliphatic heterocycles. The summed E-state index contributed by atoms with van der Waals surface area (Å²) in [5.41, 5.74) is 1.91. The first-order valence-electron chi connectivity index (χ1n) is 7.76. The van der Waals surface area contributed by atoms with E-state index in [0.29, 0.717) is 18.0 Å². The molecule has 0 spiro atoms. The van der Waals surface area contributed by atoms with E-state index in [1.165, 1.54) is 12.8 Å². The van der Waals surface area contributed by atoms with Crippen LogP contribution in [0.3, 0.4) is 0 Å². The Morgan fingerprint density at radius 1 is 1.29 bits per heavy atom. The van der Waals surface area contributed by atoms with Crippen LogP contribution in [-0.4, -0.2) is 38.4 Å². The highest BCUT2D eigenvalue weighted by atomic mass is 32.2. The third-order valence-electron chi connectivity index (χ3n) is 4.14. The van der Waals surface area contributed by atoms with Gasteiger partial charge in [0.25, 0.3) is 0 Å². The van der Waals surface area contributed by atoms with Crippen molar-refractivity contribution in [3.05, 3.63) is 29.3 Å². The summed E-state index contributed by atoms with van der Waals surface area (Å²) in [6.45, 7) is 7.81. The van der Waals surface area contributed by atoms with Gasteiger partial charge < -0.3 is 5.32 Å². The number of nitrogens with one attached hydrogen (secondary N) is 1. The average molecular weight is 310 g/mol. The number of piperidine rings is 1. The zero-order valence-corrected chi connectivity index (χ0v) is 14.0. The maximum Gasteiger partial charge on any atom is 0.243 e. The minimum atomic E-state index is -3.40. The minimum Gasteiger partial charge on any atom is -0.313 e. The molecule has 1 N–H and O–H groups in total. The van der Waals surface area contributed by atoms with E-state index >= 15 is 0 Å². The van der Waals surface area contributed by atoms with Crippen LogP contribution in [0.15, 0.2) is 23.1 Å². The molecule has 1 aliphatic rings. The van der Waals surface area contributed by atoms with Crippen LogP contribution >= 0.6 is 0 Å². The van der Waals surface area contributed by atoms with Crippen LogP contribution in [-0.2, 0) is 10.0 Å². The molecule has 4 nitrogen and oxygen atoms in total. The minimum absolute atomic E-state index is 0.277. The lowest BCUT2D eigenvalue weighted by Crippen LogP contribution is -2.45. The molecule has 0 saturated carbocycles. The molecular formula is C16H26N2O2S. The van der Waals surface area contributed by atoms with Gasteiger partial charge in [-0.3, -0.25) is 0 Å². The van der Waals surface area contributed by atoms with Crippen molar-refractivity contribution >= 4 is 10.0 Å². The Hall–Kier alpha value is -0.910. The first kappa shape index (κ1) is 16.5. The topological polar surface area (TPSA) is 49.4 Å². The molecule has 2 rings (SSSR count). The second kappa shape index (κ2) is 6.90. The molecule has 1 aromatic carbocycles. The Labute approximate surface area is 128 Å². The lowest BCUT2D eigenvalue weighted by Gasteiger charge is -2.29. The van der Waals surface area contributed by atoms with Gasteiger partial charge in [0.15, 0.2) is 0 Å². The van der Waals surface area contributed by atoms with Crippen LogP contribution in [0.1, 0.15) is 37.3 Å². The largest absolute Gasteiger partial charge is 0.313 e. The van der Waals surface area contributed by atoms with E-state index in [0.717, 1.165) is 24.1 Å². The summed E-state index contributed by atoms with van der Waals surface area (Å²) in [7, 11) is -3.40. The first-order valence-corrected chi connectivity index (χ1v) is 9.20. The van der Waals surface area contributed by atoms with E-state index in [1.54, 1.807) is 10.4 Å². The Bertz CT molecular complexity index is 578. The zero-order chi connectivity index (χ0) is 15.5. The summed E-state index contributed by atoms with van der Waals surface area (Å²) in [5.74, 6) is 0. The van der Waals surface area contributed by atoms with Gasteiger partial charge in [-0.2, -0.15) is 4.31 Å². The van der Waals surface area contributed by atoms with Crippen molar-refractivity contribution < 1.29 is 8.42 Å². The summed E-state index contributed by atoms with van der Waals surface area (Å²) in [6, 6.07) is 5.81. The Kier molecular flexibility index (Phi) is 5.41. The fourth-order valence-corrected chi connectivity index (χ4v) is 4.65. The van der Waals surface area contributed by atoms with E-state index in [2.05, 4.69) is 5.32 Å². The van der Waals surface area contributed by atoms with Gasteiger partial charge in [-0.15, -0.1) is 0 Å². The maximum absolute atomic E-state index is 12.9. The maximum atomic E-state index is 12.9. The van der Waals surface area contributed by atoms with Crippen molar-refractivity contribution in [3.63, 3.8) is 0 Å². The molecular weight excluding hydrogens is 284 g/mol. The number of nitrogens with zero attached hydrogens (tertiary/aromatic N) is 1. The standard InChI is InChI=1S/C16H26N2O2S/c1-4-18(12-15-7-5-6-10-17-15)21(19,20)16-9-8-13(2)11-14(16)3/h8-9,11,15,17H,4-7,10,12H2,1-3H3. The van der Waals surface area contributed by atoms with Crippen molar-refractivity contribution in [2.75, 3.05) is 19.6 Å². The van der Waals surface area contributed by atoms with Crippen molar-refractivity contribution in [2.24, 2.45) is 0 Å². The normalized spacial score (nSPS) is 19.9. The predicted molar refractivity (Wildman–Crippen MR) is 86.0 cm³/mol. The monoisotopic (exact) mass is 310 g/mol. The van der Waals surface area contributed by atoms with Crippen LogP contribution < -0.4 is 5.32 Å². The summed E-state index contributed by atoms with van der Waals surface area (Å²) >= 11 is 0. The molecule has 1 fully saturated rings. The van der Waals surface area contributed by atoms with E-state index in [4.69, 9.17) is 0 Å². The van der Waals surface area contributed by atoms with E-state index in [9.17, 15) is 8.42 Å². The molecule has 21 heavy (non-hydrogen) atoms. The molecule has 1 saturated heterocycles. The van der Waals surface area contributed by atoms with E-state index in [1.807, 2.05) is 32.9 Å². The van der Waals surface area contributed by atoms with Crippen LogP contribution in [0.2, 0.25) is 0 Å². The van der Waals surface area contributed by atoms with Crippen LogP contribution in [0, 0.1) is 13.8 Å². The Morgan fingerprint density at radius 2 is 2.05 bits per heavy atom. The number of likely N-dealkylation sites (N-methyl/N-ethyl adjacent to an activating group) is 1. The van der Waals surface area contributed by atoms with E-state index in [-0.39, 0.29) is 6.04 Å². The third kappa shape index (κ3) is 3.84. The molecule has 0 aliphatic carbocycles. The van der Waals surface area contributed by atoms with Gasteiger partial charge in [-0.1, -0.05) is 31.0 Å². The van der Waals surface area contributed by atoms with Gasteiger partial charge >= 0.3 is 0 Å². The van der Waals surface area contributed by atoms with Crippen LogP contribution in [0.5, 0.6) is 0 Å². The molecule has 1 aromatic rings. The second-order valence-electron chi connectivity index (χ2n) is 5.87. The molecule has 118 valence electrons. The SMILES string of the molecule is CCN(CC1CCCCN1)S(=O)(=O)c1ccc(C)cc1C. The first-order chi connectivity index (χ1) is 9.95. The third-order valence-corrected chi connectivity index (χ3v) is 6.24. The summed E-state index contributed by atoms with van der Waals surface area (Å²) in [5, 5.41) is 3.43. The molecule has 0 amide bonds. The highest BCUT2D eigenvalue weighted by molar-refractivity contribution is 7.89. The Morgan fingerprint density at radius 3 is 2.62 bits per heavy atom. The summed E-state index contributed by atoms with van der Waals surface area (Å²) in [4.78, 5) is 0.436. The number of hydrogen-bond donors (Lipinski definition) is 1. The number of aryl methyl sites for hydroxylation is 2. The highest BCUT2D eigenvalue weighted by Gasteiger charge is 2.27. The molecule has 0 aromatic heterocycles. The molecule has 1 atom stereocenters. The molecule has 0 radical (unpaired) electrons. The van der Waals surface area contributed by atoms with Gasteiger partial charge in [0.05, 0.1) is 4.90 Å². The van der Waals surface area contributed by atoms with Crippen molar-refractivity contribution in [2.45, 2.75) is 51.0 Å². The van der Waals surface area contributed by atoms with Crippen molar-refractivity contribution in [1.82, 2.24) is 9.62 Å². The summed E-state index contributed by atoms with van der Waals surface area (Å²) < 4.78 is 27.3. The molecule has 1 unspecified atom stereocenters.